The number of hydrogen-bond acceptors (Lipinski definition) is 6. The van der Waals surface area contributed by atoms with Crippen LogP contribution in [0.3, 0.4) is 0 Å². The van der Waals surface area contributed by atoms with Crippen LogP contribution in [0.1, 0.15) is 28.8 Å². The van der Waals surface area contributed by atoms with Crippen molar-refractivity contribution in [3.05, 3.63) is 47.8 Å². The molecule has 0 aliphatic carbocycles. The van der Waals surface area contributed by atoms with E-state index in [0.717, 1.165) is 31.5 Å². The molecule has 0 atom stereocenters. The van der Waals surface area contributed by atoms with E-state index in [2.05, 4.69) is 20.2 Å². The summed E-state index contributed by atoms with van der Waals surface area (Å²) in [5.74, 6) is 0.424. The van der Waals surface area contributed by atoms with Gasteiger partial charge in [0.2, 0.25) is 16.0 Å². The highest BCUT2D eigenvalue weighted by molar-refractivity contribution is 7.89. The van der Waals surface area contributed by atoms with Crippen LogP contribution in [0, 0.1) is 0 Å². The average Bonchev–Trinajstić information content (AvgIpc) is 3.16. The molecule has 3 rings (SSSR count). The number of anilines is 1. The molecule has 0 saturated carbocycles. The Morgan fingerprint density at radius 2 is 1.73 bits per heavy atom. The molecule has 9 heteroatoms. The van der Waals surface area contributed by atoms with E-state index in [-0.39, 0.29) is 10.8 Å². The minimum absolute atomic E-state index is 0.0699. The second-order valence-corrected chi connectivity index (χ2v) is 7.72. The van der Waals surface area contributed by atoms with E-state index in [9.17, 15) is 13.2 Å². The number of aromatic nitrogens is 2. The van der Waals surface area contributed by atoms with Gasteiger partial charge in [0, 0.05) is 32.0 Å². The van der Waals surface area contributed by atoms with Crippen LogP contribution in [0.15, 0.2) is 41.6 Å². The fraction of sp³-hybridized carbons (Fsp3) is 0.353. The van der Waals surface area contributed by atoms with Gasteiger partial charge in [-0.3, -0.25) is 4.79 Å². The normalized spacial score (nSPS) is 14.4. The number of sulfonamides is 1. The van der Waals surface area contributed by atoms with Gasteiger partial charge in [-0.2, -0.15) is 0 Å². The molecule has 0 radical (unpaired) electrons. The number of hydrogen-bond donors (Lipinski definition) is 2. The van der Waals surface area contributed by atoms with E-state index in [4.69, 9.17) is 5.14 Å². The molecule has 1 aliphatic rings. The molecule has 1 amide bonds. The van der Waals surface area contributed by atoms with Crippen molar-refractivity contribution < 1.29 is 13.2 Å². The second kappa shape index (κ2) is 7.79. The maximum absolute atomic E-state index is 12.2. The predicted octanol–water partition coefficient (Wildman–Crippen LogP) is 0.697. The van der Waals surface area contributed by atoms with E-state index in [1.54, 1.807) is 12.1 Å². The zero-order valence-corrected chi connectivity index (χ0v) is 15.1. The molecule has 0 unspecified atom stereocenters. The van der Waals surface area contributed by atoms with Crippen LogP contribution in [0.5, 0.6) is 0 Å². The highest BCUT2D eigenvalue weighted by Gasteiger charge is 2.15. The molecular weight excluding hydrogens is 354 g/mol. The number of nitrogens with zero attached hydrogens (tertiary/aromatic N) is 3. The highest BCUT2D eigenvalue weighted by atomic mass is 32.2. The van der Waals surface area contributed by atoms with Crippen LogP contribution >= 0.6 is 0 Å². The Labute approximate surface area is 152 Å². The summed E-state index contributed by atoms with van der Waals surface area (Å²) < 4.78 is 22.4. The van der Waals surface area contributed by atoms with Gasteiger partial charge in [-0.25, -0.2) is 23.5 Å². The fourth-order valence-electron chi connectivity index (χ4n) is 2.79. The number of carbonyl (C=O) groups excluding carboxylic acids is 1. The minimum Gasteiger partial charge on any atom is -0.352 e. The lowest BCUT2D eigenvalue weighted by atomic mass is 10.1. The lowest BCUT2D eigenvalue weighted by molar-refractivity contribution is 0.0953. The molecule has 0 bridgehead atoms. The maximum Gasteiger partial charge on any atom is 0.254 e. The maximum atomic E-state index is 12.2. The summed E-state index contributed by atoms with van der Waals surface area (Å²) in [5.41, 5.74) is 1.32. The average molecular weight is 375 g/mol. The Morgan fingerprint density at radius 1 is 1.12 bits per heavy atom. The third-order valence-electron chi connectivity index (χ3n) is 4.24. The van der Waals surface area contributed by atoms with Crippen molar-refractivity contribution in [2.24, 2.45) is 5.14 Å². The minimum atomic E-state index is -3.69. The number of rotatable bonds is 6. The summed E-state index contributed by atoms with van der Waals surface area (Å²) in [5, 5.41) is 7.87. The van der Waals surface area contributed by atoms with Crippen LogP contribution in [0.25, 0.3) is 0 Å². The summed E-state index contributed by atoms with van der Waals surface area (Å²) >= 11 is 0. The molecule has 1 aliphatic heterocycles. The summed E-state index contributed by atoms with van der Waals surface area (Å²) in [6.45, 7) is 2.33. The van der Waals surface area contributed by atoms with Crippen molar-refractivity contribution in [3.8, 4) is 0 Å². The SMILES string of the molecule is NS(=O)(=O)c1ccc(CCNC(=O)c2cnc(N3CCCC3)nc2)cc1. The Balaban J connectivity index is 1.50. The van der Waals surface area contributed by atoms with Gasteiger partial charge in [-0.05, 0) is 37.0 Å². The van der Waals surface area contributed by atoms with Crippen molar-refractivity contribution in [1.82, 2.24) is 15.3 Å². The van der Waals surface area contributed by atoms with Crippen LogP contribution in [-0.2, 0) is 16.4 Å². The first-order valence-electron chi connectivity index (χ1n) is 8.40. The van der Waals surface area contributed by atoms with E-state index in [1.807, 2.05) is 0 Å². The third kappa shape index (κ3) is 4.55. The van der Waals surface area contributed by atoms with Crippen molar-refractivity contribution in [1.29, 1.82) is 0 Å². The Hall–Kier alpha value is -2.52. The molecule has 1 saturated heterocycles. The summed E-state index contributed by atoms with van der Waals surface area (Å²) in [6.07, 6.45) is 5.94. The van der Waals surface area contributed by atoms with E-state index < -0.39 is 10.0 Å². The lowest BCUT2D eigenvalue weighted by Crippen LogP contribution is -2.26. The molecular formula is C17H21N5O3S. The molecule has 1 aromatic heterocycles. The zero-order chi connectivity index (χ0) is 18.6. The van der Waals surface area contributed by atoms with Gasteiger partial charge in [0.1, 0.15) is 0 Å². The molecule has 0 spiro atoms. The standard InChI is InChI=1S/C17H21N5O3S/c18-26(24,25)15-5-3-13(4-6-15)7-8-19-16(23)14-11-20-17(21-12-14)22-9-1-2-10-22/h3-6,11-12H,1-2,7-10H2,(H,19,23)(H2,18,24,25). The number of benzene rings is 1. The predicted molar refractivity (Wildman–Crippen MR) is 97.3 cm³/mol. The van der Waals surface area contributed by atoms with Crippen molar-refractivity contribution >= 4 is 21.9 Å². The molecule has 1 aromatic carbocycles. The van der Waals surface area contributed by atoms with Crippen molar-refractivity contribution in [2.45, 2.75) is 24.2 Å². The van der Waals surface area contributed by atoms with Gasteiger partial charge in [0.25, 0.3) is 5.91 Å². The van der Waals surface area contributed by atoms with E-state index >= 15 is 0 Å². The summed E-state index contributed by atoms with van der Waals surface area (Å²) in [7, 11) is -3.69. The summed E-state index contributed by atoms with van der Waals surface area (Å²) in [4.78, 5) is 22.9. The van der Waals surface area contributed by atoms with Gasteiger partial charge in [-0.1, -0.05) is 12.1 Å². The van der Waals surface area contributed by atoms with Gasteiger partial charge in [0.15, 0.2) is 0 Å². The van der Waals surface area contributed by atoms with E-state index in [1.165, 1.54) is 24.5 Å². The molecule has 3 N–H and O–H groups in total. The van der Waals surface area contributed by atoms with Crippen molar-refractivity contribution in [3.63, 3.8) is 0 Å². The van der Waals surface area contributed by atoms with Crippen LogP contribution in [-0.4, -0.2) is 43.9 Å². The number of nitrogens with one attached hydrogen (secondary N) is 1. The van der Waals surface area contributed by atoms with Gasteiger partial charge < -0.3 is 10.2 Å². The molecule has 2 aromatic rings. The smallest absolute Gasteiger partial charge is 0.254 e. The van der Waals surface area contributed by atoms with Gasteiger partial charge >= 0.3 is 0 Å². The Morgan fingerprint density at radius 3 is 2.31 bits per heavy atom. The first-order valence-corrected chi connectivity index (χ1v) is 9.95. The molecule has 1 fully saturated rings. The third-order valence-corrected chi connectivity index (χ3v) is 5.17. The highest BCUT2D eigenvalue weighted by Crippen LogP contribution is 2.14. The van der Waals surface area contributed by atoms with Crippen molar-refractivity contribution in [2.75, 3.05) is 24.5 Å². The fourth-order valence-corrected chi connectivity index (χ4v) is 3.30. The Kier molecular flexibility index (Phi) is 5.48. The number of amides is 1. The molecule has 26 heavy (non-hydrogen) atoms. The largest absolute Gasteiger partial charge is 0.352 e. The van der Waals surface area contributed by atoms with Crippen LogP contribution < -0.4 is 15.4 Å². The quantitative estimate of drug-likeness (QED) is 0.767. The van der Waals surface area contributed by atoms with Gasteiger partial charge in [0.05, 0.1) is 10.5 Å². The number of nitrogens with two attached hydrogens (primary N) is 1. The van der Waals surface area contributed by atoms with Gasteiger partial charge in [-0.15, -0.1) is 0 Å². The lowest BCUT2D eigenvalue weighted by Gasteiger charge is -2.14. The topological polar surface area (TPSA) is 118 Å². The monoisotopic (exact) mass is 375 g/mol. The zero-order valence-electron chi connectivity index (χ0n) is 14.3. The number of primary sulfonamides is 1. The Bertz CT molecular complexity index is 860. The van der Waals surface area contributed by atoms with E-state index in [0.29, 0.717) is 24.5 Å². The van der Waals surface area contributed by atoms with Crippen LogP contribution in [0.2, 0.25) is 0 Å². The molecule has 138 valence electrons. The molecule has 2 heterocycles. The first kappa shape index (κ1) is 18.3. The first-order chi connectivity index (χ1) is 12.4. The second-order valence-electron chi connectivity index (χ2n) is 6.16. The summed E-state index contributed by atoms with van der Waals surface area (Å²) in [6, 6.07) is 6.27. The van der Waals surface area contributed by atoms with Crippen LogP contribution in [0.4, 0.5) is 5.95 Å². The molecule has 8 nitrogen and oxygen atoms in total. The number of carbonyl (C=O) groups is 1.